The second-order valence-electron chi connectivity index (χ2n) is 8.14. The lowest BCUT2D eigenvalue weighted by Gasteiger charge is -2.55. The lowest BCUT2D eigenvalue weighted by molar-refractivity contribution is -0.0172. The first-order chi connectivity index (χ1) is 10.2. The van der Waals surface area contributed by atoms with Gasteiger partial charge >= 0.3 is 0 Å². The van der Waals surface area contributed by atoms with Crippen LogP contribution in [0.1, 0.15) is 43.2 Å². The van der Waals surface area contributed by atoms with E-state index in [0.717, 1.165) is 34.7 Å². The molecule has 1 nitrogen and oxygen atoms in total. The number of nitrogens with one attached hydrogen (secondary N) is 1. The molecule has 4 saturated carbocycles. The third-order valence-electron chi connectivity index (χ3n) is 6.76. The molecule has 0 saturated heterocycles. The average molecular weight is 302 g/mol. The van der Waals surface area contributed by atoms with Gasteiger partial charge in [-0.1, -0.05) is 17.7 Å². The van der Waals surface area contributed by atoms with E-state index in [1.807, 2.05) is 6.07 Å². The van der Waals surface area contributed by atoms with Crippen molar-refractivity contribution in [2.24, 2.45) is 23.7 Å². The van der Waals surface area contributed by atoms with Crippen LogP contribution >= 0.6 is 11.6 Å². The molecule has 112 valence electrons. The fourth-order valence-electron chi connectivity index (χ4n) is 6.17. The Labute approximate surface area is 132 Å². The maximum Gasteiger partial charge on any atom is 0.0408 e. The van der Waals surface area contributed by atoms with Gasteiger partial charge in [0.05, 0.1) is 0 Å². The van der Waals surface area contributed by atoms with E-state index in [0.29, 0.717) is 6.04 Å². The molecule has 1 atom stereocenters. The van der Waals surface area contributed by atoms with Gasteiger partial charge in [-0.2, -0.15) is 0 Å². The molecular weight excluding hydrogens is 278 g/mol. The van der Waals surface area contributed by atoms with E-state index in [9.17, 15) is 0 Å². The number of fused-ring (bicyclic) bond motifs is 1. The molecule has 2 heteroatoms. The van der Waals surface area contributed by atoms with Gasteiger partial charge in [-0.15, -0.1) is 0 Å². The Hall–Kier alpha value is -0.530. The number of halogens is 1. The number of hydrogen-bond acceptors (Lipinski definition) is 1. The van der Waals surface area contributed by atoms with Crippen LogP contribution in [0.3, 0.4) is 0 Å². The Morgan fingerprint density at radius 1 is 0.857 bits per heavy atom. The van der Waals surface area contributed by atoms with E-state index in [2.05, 4.69) is 17.4 Å². The zero-order valence-corrected chi connectivity index (χ0v) is 13.3. The quantitative estimate of drug-likeness (QED) is 0.862. The Kier molecular flexibility index (Phi) is 2.92. The minimum Gasteiger partial charge on any atom is -0.310 e. The Balaban J connectivity index is 1.31. The molecule has 1 unspecified atom stereocenters. The first-order valence-electron chi connectivity index (χ1n) is 8.78. The molecule has 0 spiro atoms. The third kappa shape index (κ3) is 2.16. The monoisotopic (exact) mass is 301 g/mol. The van der Waals surface area contributed by atoms with Gasteiger partial charge in [-0.05, 0) is 91.9 Å². The highest BCUT2D eigenvalue weighted by atomic mass is 35.5. The first kappa shape index (κ1) is 13.0. The lowest BCUT2D eigenvalue weighted by Crippen LogP contribution is -2.56. The van der Waals surface area contributed by atoms with Crippen LogP contribution in [0.25, 0.3) is 0 Å². The van der Waals surface area contributed by atoms with E-state index in [4.69, 9.17) is 11.6 Å². The largest absolute Gasteiger partial charge is 0.310 e. The van der Waals surface area contributed by atoms with Crippen LogP contribution in [0.5, 0.6) is 0 Å². The molecule has 0 radical (unpaired) electrons. The number of benzene rings is 1. The smallest absolute Gasteiger partial charge is 0.0408 e. The van der Waals surface area contributed by atoms with Gasteiger partial charge in [0, 0.05) is 17.1 Å². The van der Waals surface area contributed by atoms with Crippen LogP contribution in [0.15, 0.2) is 18.2 Å². The fourth-order valence-corrected chi connectivity index (χ4v) is 6.37. The molecule has 0 aromatic heterocycles. The molecule has 0 amide bonds. The summed E-state index contributed by atoms with van der Waals surface area (Å²) in [5.74, 6) is 4.11. The molecule has 6 rings (SSSR count). The van der Waals surface area contributed by atoms with Crippen molar-refractivity contribution < 1.29 is 0 Å². The van der Waals surface area contributed by atoms with Gasteiger partial charge < -0.3 is 5.32 Å². The summed E-state index contributed by atoms with van der Waals surface area (Å²) in [6.45, 7) is 0. The van der Waals surface area contributed by atoms with Crippen LogP contribution in [0.2, 0.25) is 5.02 Å². The van der Waals surface area contributed by atoms with E-state index >= 15 is 0 Å². The summed E-state index contributed by atoms with van der Waals surface area (Å²) in [4.78, 5) is 0. The second-order valence-corrected chi connectivity index (χ2v) is 8.58. The summed E-state index contributed by atoms with van der Waals surface area (Å²) in [5.41, 5.74) is 2.99. The molecule has 21 heavy (non-hydrogen) atoms. The third-order valence-corrected chi connectivity index (χ3v) is 6.99. The fraction of sp³-hybridized carbons (Fsp3) is 0.684. The molecule has 5 aliphatic rings. The SMILES string of the molecule is Clc1ccc2c(c1)CC(NC1C3CC4CC(C3)CC1C4)C2. The van der Waals surface area contributed by atoms with Crippen molar-refractivity contribution in [2.75, 3.05) is 0 Å². The van der Waals surface area contributed by atoms with E-state index in [-0.39, 0.29) is 0 Å². The summed E-state index contributed by atoms with van der Waals surface area (Å²) in [6.07, 6.45) is 9.97. The van der Waals surface area contributed by atoms with Crippen molar-refractivity contribution in [3.05, 3.63) is 34.3 Å². The maximum absolute atomic E-state index is 6.14. The average Bonchev–Trinajstić information content (AvgIpc) is 2.83. The summed E-state index contributed by atoms with van der Waals surface area (Å²) < 4.78 is 0. The zero-order chi connectivity index (χ0) is 14.0. The Bertz CT molecular complexity index is 539. The highest BCUT2D eigenvalue weighted by Gasteiger charge is 2.48. The molecule has 1 aromatic rings. The van der Waals surface area contributed by atoms with Gasteiger partial charge in [0.15, 0.2) is 0 Å². The Morgan fingerprint density at radius 2 is 1.52 bits per heavy atom. The predicted molar refractivity (Wildman–Crippen MR) is 86.6 cm³/mol. The van der Waals surface area contributed by atoms with Gasteiger partial charge in [-0.3, -0.25) is 0 Å². The van der Waals surface area contributed by atoms with E-state index in [1.54, 1.807) is 6.42 Å². The van der Waals surface area contributed by atoms with Crippen molar-refractivity contribution in [1.82, 2.24) is 5.32 Å². The molecular formula is C19H24ClN. The van der Waals surface area contributed by atoms with Gasteiger partial charge in [0.2, 0.25) is 0 Å². The zero-order valence-electron chi connectivity index (χ0n) is 12.5. The first-order valence-corrected chi connectivity index (χ1v) is 9.16. The normalized spacial score (nSPS) is 43.3. The highest BCUT2D eigenvalue weighted by Crippen LogP contribution is 2.53. The summed E-state index contributed by atoms with van der Waals surface area (Å²) in [6, 6.07) is 7.92. The van der Waals surface area contributed by atoms with Crippen molar-refractivity contribution in [2.45, 2.75) is 57.0 Å². The minimum absolute atomic E-state index is 0.654. The molecule has 4 bridgehead atoms. The minimum atomic E-state index is 0.654. The predicted octanol–water partition coefficient (Wildman–Crippen LogP) is 4.22. The molecule has 0 aliphatic heterocycles. The van der Waals surface area contributed by atoms with E-state index < -0.39 is 0 Å². The molecule has 4 fully saturated rings. The van der Waals surface area contributed by atoms with Crippen molar-refractivity contribution >= 4 is 11.6 Å². The Morgan fingerprint density at radius 3 is 2.24 bits per heavy atom. The molecule has 1 aromatic carbocycles. The topological polar surface area (TPSA) is 12.0 Å². The lowest BCUT2D eigenvalue weighted by atomic mass is 9.54. The van der Waals surface area contributed by atoms with Crippen LogP contribution in [-0.4, -0.2) is 12.1 Å². The summed E-state index contributed by atoms with van der Waals surface area (Å²) in [7, 11) is 0. The number of hydrogen-bond donors (Lipinski definition) is 1. The van der Waals surface area contributed by atoms with Crippen LogP contribution in [-0.2, 0) is 12.8 Å². The van der Waals surface area contributed by atoms with Crippen LogP contribution in [0, 0.1) is 23.7 Å². The molecule has 5 aliphatic carbocycles. The van der Waals surface area contributed by atoms with Gasteiger partial charge in [0.1, 0.15) is 0 Å². The summed E-state index contributed by atoms with van der Waals surface area (Å²) >= 11 is 6.14. The van der Waals surface area contributed by atoms with Crippen molar-refractivity contribution in [3.8, 4) is 0 Å². The van der Waals surface area contributed by atoms with Crippen molar-refractivity contribution in [1.29, 1.82) is 0 Å². The van der Waals surface area contributed by atoms with Crippen LogP contribution < -0.4 is 5.32 Å². The second kappa shape index (κ2) is 4.73. The highest BCUT2D eigenvalue weighted by molar-refractivity contribution is 6.30. The molecule has 0 heterocycles. The van der Waals surface area contributed by atoms with Crippen molar-refractivity contribution in [3.63, 3.8) is 0 Å². The maximum atomic E-state index is 6.14. The van der Waals surface area contributed by atoms with Gasteiger partial charge in [-0.25, -0.2) is 0 Å². The molecule has 1 N–H and O–H groups in total. The van der Waals surface area contributed by atoms with Gasteiger partial charge in [0.25, 0.3) is 0 Å². The summed E-state index contributed by atoms with van der Waals surface area (Å²) in [5, 5.41) is 4.98. The standard InChI is InChI=1S/C19H24ClN/c20-17-2-1-13-9-18(10-14(13)8-17)21-19-15-4-11-3-12(6-15)7-16(19)5-11/h1-2,8,11-12,15-16,18-19,21H,3-7,9-10H2. The van der Waals surface area contributed by atoms with Crippen LogP contribution in [0.4, 0.5) is 0 Å². The van der Waals surface area contributed by atoms with E-state index in [1.165, 1.54) is 49.7 Å². The number of rotatable bonds is 2.